The van der Waals surface area contributed by atoms with E-state index in [9.17, 15) is 0 Å². The SMILES string of the molecule is CN=C(NCc1cn2c(C)cccc2n1)N(C)Cc1ncc(-c2ccccc2)[nH]1.I. The first-order valence-corrected chi connectivity index (χ1v) is 9.59. The minimum atomic E-state index is 0. The van der Waals surface area contributed by atoms with Crippen LogP contribution in [0.3, 0.4) is 0 Å². The van der Waals surface area contributed by atoms with Crippen LogP contribution in [-0.4, -0.2) is 44.3 Å². The van der Waals surface area contributed by atoms with E-state index in [4.69, 9.17) is 0 Å². The van der Waals surface area contributed by atoms with E-state index in [1.807, 2.05) is 48.5 Å². The molecule has 0 saturated carbocycles. The van der Waals surface area contributed by atoms with Crippen LogP contribution in [0.5, 0.6) is 0 Å². The number of guanidine groups is 1. The van der Waals surface area contributed by atoms with Crippen molar-refractivity contribution < 1.29 is 0 Å². The Hall–Kier alpha value is -2.88. The van der Waals surface area contributed by atoms with E-state index < -0.39 is 0 Å². The van der Waals surface area contributed by atoms with E-state index in [0.29, 0.717) is 13.1 Å². The quantitative estimate of drug-likeness (QED) is 0.241. The predicted molar refractivity (Wildman–Crippen MR) is 131 cm³/mol. The molecule has 7 nitrogen and oxygen atoms in total. The number of rotatable bonds is 5. The van der Waals surface area contributed by atoms with Crippen LogP contribution in [-0.2, 0) is 13.1 Å². The standard InChI is InChI=1S/C22H25N7.HI/c1-16-8-7-11-21-26-18(14-29(16)21)12-25-22(23-2)28(3)15-20-24-13-19(27-20)17-9-5-4-6-10-17;/h4-11,13-14H,12,15H2,1-3H3,(H,23,25)(H,24,27);1H. The van der Waals surface area contributed by atoms with E-state index in [1.54, 1.807) is 7.05 Å². The zero-order chi connectivity index (χ0) is 20.2. The molecular weight excluding hydrogens is 489 g/mol. The number of halogens is 1. The van der Waals surface area contributed by atoms with Crippen molar-refractivity contribution >= 4 is 35.6 Å². The molecule has 4 rings (SSSR count). The maximum atomic E-state index is 4.67. The first kappa shape index (κ1) is 21.8. The Balaban J connectivity index is 0.00000256. The van der Waals surface area contributed by atoms with Crippen molar-refractivity contribution in [2.75, 3.05) is 14.1 Å². The average Bonchev–Trinajstić information content (AvgIpc) is 3.37. The number of fused-ring (bicyclic) bond motifs is 1. The largest absolute Gasteiger partial charge is 0.351 e. The molecule has 0 aliphatic carbocycles. The second-order valence-corrected chi connectivity index (χ2v) is 6.99. The highest BCUT2D eigenvalue weighted by Gasteiger charge is 2.11. The number of aromatic amines is 1. The smallest absolute Gasteiger partial charge is 0.194 e. The van der Waals surface area contributed by atoms with E-state index >= 15 is 0 Å². The lowest BCUT2D eigenvalue weighted by molar-refractivity contribution is 0.463. The van der Waals surface area contributed by atoms with Gasteiger partial charge in [0.15, 0.2) is 5.96 Å². The fourth-order valence-electron chi connectivity index (χ4n) is 3.35. The molecule has 0 bridgehead atoms. The molecule has 0 spiro atoms. The molecule has 8 heteroatoms. The van der Waals surface area contributed by atoms with Crippen LogP contribution in [0.25, 0.3) is 16.9 Å². The molecule has 0 aliphatic heterocycles. The van der Waals surface area contributed by atoms with Crippen LogP contribution >= 0.6 is 24.0 Å². The summed E-state index contributed by atoms with van der Waals surface area (Å²) in [7, 11) is 3.78. The van der Waals surface area contributed by atoms with E-state index in [2.05, 4.69) is 61.0 Å². The van der Waals surface area contributed by atoms with Gasteiger partial charge >= 0.3 is 0 Å². The summed E-state index contributed by atoms with van der Waals surface area (Å²) < 4.78 is 2.09. The number of imidazole rings is 2. The molecule has 3 aromatic heterocycles. The molecule has 30 heavy (non-hydrogen) atoms. The molecule has 156 valence electrons. The van der Waals surface area contributed by atoms with Crippen LogP contribution < -0.4 is 5.32 Å². The number of aryl methyl sites for hydroxylation is 1. The predicted octanol–water partition coefficient (Wildman–Crippen LogP) is 3.86. The first-order valence-electron chi connectivity index (χ1n) is 9.59. The van der Waals surface area contributed by atoms with Crippen LogP contribution in [0, 0.1) is 6.92 Å². The molecule has 2 N–H and O–H groups in total. The molecule has 0 atom stereocenters. The van der Waals surface area contributed by atoms with Gasteiger partial charge in [-0.1, -0.05) is 36.4 Å². The third-order valence-corrected chi connectivity index (χ3v) is 4.85. The summed E-state index contributed by atoms with van der Waals surface area (Å²) in [6.45, 7) is 3.30. The van der Waals surface area contributed by atoms with Crippen molar-refractivity contribution in [1.82, 2.24) is 29.6 Å². The maximum Gasteiger partial charge on any atom is 0.194 e. The summed E-state index contributed by atoms with van der Waals surface area (Å²) in [5.41, 5.74) is 5.22. The highest BCUT2D eigenvalue weighted by Crippen LogP contribution is 2.16. The van der Waals surface area contributed by atoms with Gasteiger partial charge in [0.2, 0.25) is 0 Å². The third kappa shape index (κ3) is 4.81. The number of aromatic nitrogens is 4. The number of nitrogens with zero attached hydrogens (tertiary/aromatic N) is 5. The summed E-state index contributed by atoms with van der Waals surface area (Å²) in [5, 5.41) is 3.38. The van der Waals surface area contributed by atoms with Gasteiger partial charge in [0.25, 0.3) is 0 Å². The van der Waals surface area contributed by atoms with Gasteiger partial charge in [-0.3, -0.25) is 4.99 Å². The Labute approximate surface area is 193 Å². The van der Waals surface area contributed by atoms with Crippen molar-refractivity contribution in [3.63, 3.8) is 0 Å². The van der Waals surface area contributed by atoms with Crippen molar-refractivity contribution in [1.29, 1.82) is 0 Å². The summed E-state index contributed by atoms with van der Waals surface area (Å²) >= 11 is 0. The van der Waals surface area contributed by atoms with E-state index in [0.717, 1.165) is 40.1 Å². The molecular formula is C22H26IN7. The number of benzene rings is 1. The zero-order valence-corrected chi connectivity index (χ0v) is 19.7. The fraction of sp³-hybridized carbons (Fsp3) is 0.227. The topological polar surface area (TPSA) is 73.6 Å². The Morgan fingerprint density at radius 3 is 2.70 bits per heavy atom. The van der Waals surface area contributed by atoms with Gasteiger partial charge in [-0.15, -0.1) is 24.0 Å². The number of hydrogen-bond donors (Lipinski definition) is 2. The number of hydrogen-bond acceptors (Lipinski definition) is 3. The summed E-state index contributed by atoms with van der Waals surface area (Å²) in [6.07, 6.45) is 3.93. The lowest BCUT2D eigenvalue weighted by Crippen LogP contribution is -2.38. The highest BCUT2D eigenvalue weighted by molar-refractivity contribution is 14.0. The normalized spacial score (nSPS) is 11.4. The third-order valence-electron chi connectivity index (χ3n) is 4.85. The minimum absolute atomic E-state index is 0. The highest BCUT2D eigenvalue weighted by atomic mass is 127. The second kappa shape index (κ2) is 9.75. The molecule has 3 heterocycles. The summed E-state index contributed by atoms with van der Waals surface area (Å²) in [5.74, 6) is 1.68. The lowest BCUT2D eigenvalue weighted by Gasteiger charge is -2.20. The monoisotopic (exact) mass is 515 g/mol. The average molecular weight is 515 g/mol. The van der Waals surface area contributed by atoms with Crippen molar-refractivity contribution in [3.8, 4) is 11.3 Å². The molecule has 0 unspecified atom stereocenters. The zero-order valence-electron chi connectivity index (χ0n) is 17.3. The van der Waals surface area contributed by atoms with Gasteiger partial charge in [-0.2, -0.15) is 0 Å². The molecule has 4 aromatic rings. The maximum absolute atomic E-state index is 4.67. The van der Waals surface area contributed by atoms with Gasteiger partial charge < -0.3 is 19.6 Å². The van der Waals surface area contributed by atoms with Gasteiger partial charge in [0.05, 0.1) is 30.7 Å². The van der Waals surface area contributed by atoms with Gasteiger partial charge in [0.1, 0.15) is 11.5 Å². The molecule has 0 amide bonds. The van der Waals surface area contributed by atoms with Crippen LogP contribution in [0.15, 0.2) is 65.9 Å². The fourth-order valence-corrected chi connectivity index (χ4v) is 3.35. The molecule has 1 aromatic carbocycles. The number of H-pyrrole nitrogens is 1. The van der Waals surface area contributed by atoms with E-state index in [1.165, 1.54) is 0 Å². The Morgan fingerprint density at radius 2 is 1.97 bits per heavy atom. The number of nitrogens with one attached hydrogen (secondary N) is 2. The van der Waals surface area contributed by atoms with Gasteiger partial charge in [0, 0.05) is 26.0 Å². The molecule has 0 fully saturated rings. The van der Waals surface area contributed by atoms with Crippen molar-refractivity contribution in [2.45, 2.75) is 20.0 Å². The Kier molecular flexibility index (Phi) is 7.09. The molecule has 0 saturated heterocycles. The summed E-state index contributed by atoms with van der Waals surface area (Å²) in [4.78, 5) is 19.0. The molecule has 0 radical (unpaired) electrons. The van der Waals surface area contributed by atoms with Crippen molar-refractivity contribution in [2.24, 2.45) is 4.99 Å². The van der Waals surface area contributed by atoms with E-state index in [-0.39, 0.29) is 24.0 Å². The number of pyridine rings is 1. The first-order chi connectivity index (χ1) is 14.1. The van der Waals surface area contributed by atoms with Crippen LogP contribution in [0.4, 0.5) is 0 Å². The van der Waals surface area contributed by atoms with Crippen LogP contribution in [0.1, 0.15) is 17.2 Å². The van der Waals surface area contributed by atoms with Crippen LogP contribution in [0.2, 0.25) is 0 Å². The summed E-state index contributed by atoms with van der Waals surface area (Å²) in [6, 6.07) is 16.3. The Bertz CT molecular complexity index is 1130. The lowest BCUT2D eigenvalue weighted by atomic mass is 10.2. The minimum Gasteiger partial charge on any atom is -0.351 e. The van der Waals surface area contributed by atoms with Crippen molar-refractivity contribution in [3.05, 3.63) is 78.1 Å². The van der Waals surface area contributed by atoms with Gasteiger partial charge in [-0.25, -0.2) is 9.97 Å². The molecule has 0 aliphatic rings. The number of aliphatic imine (C=N–C) groups is 1. The Morgan fingerprint density at radius 1 is 1.17 bits per heavy atom. The van der Waals surface area contributed by atoms with Gasteiger partial charge in [-0.05, 0) is 24.6 Å². The second-order valence-electron chi connectivity index (χ2n) is 6.99.